The molecule has 0 aliphatic rings. The van der Waals surface area contributed by atoms with Gasteiger partial charge in [0.2, 0.25) is 21.8 Å². The van der Waals surface area contributed by atoms with Gasteiger partial charge in [0.15, 0.2) is 0 Å². The number of rotatable bonds is 7. The van der Waals surface area contributed by atoms with Crippen molar-refractivity contribution in [2.75, 3.05) is 31.3 Å². The highest BCUT2D eigenvalue weighted by molar-refractivity contribution is 7.89. The molecule has 0 heterocycles. The molecule has 156 valence electrons. The first-order valence-corrected chi connectivity index (χ1v) is 10.3. The number of nitrogens with one attached hydrogen (secondary N) is 2. The topological polar surface area (TPSA) is 105 Å². The summed E-state index contributed by atoms with van der Waals surface area (Å²) in [6.07, 6.45) is 0. The van der Waals surface area contributed by atoms with Gasteiger partial charge in [0.25, 0.3) is 0 Å². The predicted octanol–water partition coefficient (Wildman–Crippen LogP) is 2.53. The number of hydrogen-bond donors (Lipinski definition) is 2. The first kappa shape index (κ1) is 22.4. The summed E-state index contributed by atoms with van der Waals surface area (Å²) >= 11 is 0. The van der Waals surface area contributed by atoms with E-state index in [0.29, 0.717) is 11.4 Å². The fourth-order valence-corrected chi connectivity index (χ4v) is 3.95. The number of methoxy groups -OCH3 is 1. The lowest BCUT2D eigenvalue weighted by molar-refractivity contribution is -0.116. The predicted molar refractivity (Wildman–Crippen MR) is 112 cm³/mol. The molecule has 2 aromatic rings. The number of carbonyl (C=O) groups excluding carboxylic acids is 2. The van der Waals surface area contributed by atoms with Crippen molar-refractivity contribution in [2.45, 2.75) is 25.7 Å². The first-order valence-electron chi connectivity index (χ1n) is 8.84. The third-order valence-electron chi connectivity index (χ3n) is 4.30. The van der Waals surface area contributed by atoms with E-state index in [-0.39, 0.29) is 23.0 Å². The fraction of sp³-hybridized carbons (Fsp3) is 0.300. The minimum absolute atomic E-state index is 0.0653. The summed E-state index contributed by atoms with van der Waals surface area (Å²) < 4.78 is 31.9. The number of likely N-dealkylation sites (N-methyl/N-ethyl adjacent to an activating group) is 1. The van der Waals surface area contributed by atoms with Crippen molar-refractivity contribution in [3.8, 4) is 5.75 Å². The molecule has 0 spiro atoms. The smallest absolute Gasteiger partial charge is 0.243 e. The molecule has 0 aromatic heterocycles. The van der Waals surface area contributed by atoms with Gasteiger partial charge >= 0.3 is 0 Å². The van der Waals surface area contributed by atoms with Crippen LogP contribution in [0.25, 0.3) is 0 Å². The summed E-state index contributed by atoms with van der Waals surface area (Å²) in [7, 11) is -1.23. The van der Waals surface area contributed by atoms with Crippen LogP contribution < -0.4 is 15.4 Å². The number of aryl methyl sites for hydroxylation is 2. The molecule has 0 bridgehead atoms. The Morgan fingerprint density at radius 2 is 1.69 bits per heavy atom. The average Bonchev–Trinajstić information content (AvgIpc) is 2.64. The summed E-state index contributed by atoms with van der Waals surface area (Å²) in [6, 6.07) is 9.72. The average molecular weight is 420 g/mol. The van der Waals surface area contributed by atoms with Crippen LogP contribution in [-0.4, -0.2) is 45.2 Å². The van der Waals surface area contributed by atoms with Crippen LogP contribution in [0.2, 0.25) is 0 Å². The zero-order valence-electron chi connectivity index (χ0n) is 17.1. The van der Waals surface area contributed by atoms with Gasteiger partial charge in [-0.3, -0.25) is 9.59 Å². The van der Waals surface area contributed by atoms with Crippen LogP contribution in [0.5, 0.6) is 5.75 Å². The number of nitrogens with zero attached hydrogens (tertiary/aromatic N) is 1. The number of amides is 2. The molecular formula is C20H25N3O5S. The molecule has 0 aliphatic heterocycles. The Labute approximate surface area is 170 Å². The van der Waals surface area contributed by atoms with Crippen molar-refractivity contribution in [1.82, 2.24) is 4.31 Å². The van der Waals surface area contributed by atoms with Crippen molar-refractivity contribution in [3.63, 3.8) is 0 Å². The number of benzene rings is 2. The van der Waals surface area contributed by atoms with Gasteiger partial charge in [0.05, 0.1) is 24.2 Å². The quantitative estimate of drug-likeness (QED) is 0.718. The number of anilines is 2. The molecule has 2 aromatic carbocycles. The highest BCUT2D eigenvalue weighted by Gasteiger charge is 2.24. The lowest BCUT2D eigenvalue weighted by atomic mass is 10.1. The zero-order chi connectivity index (χ0) is 21.8. The van der Waals surface area contributed by atoms with Gasteiger partial charge in [-0.15, -0.1) is 0 Å². The fourth-order valence-electron chi connectivity index (χ4n) is 2.79. The molecule has 8 nitrogen and oxygen atoms in total. The SMILES string of the molecule is COc1ccc(S(=O)(=O)N(C)CC(=O)Nc2c(C)cccc2C)cc1NC(C)=O. The van der Waals surface area contributed by atoms with E-state index in [4.69, 9.17) is 4.74 Å². The zero-order valence-corrected chi connectivity index (χ0v) is 17.9. The van der Waals surface area contributed by atoms with Crippen molar-refractivity contribution >= 4 is 33.2 Å². The maximum atomic E-state index is 12.9. The van der Waals surface area contributed by atoms with Gasteiger partial charge in [-0.2, -0.15) is 4.31 Å². The van der Waals surface area contributed by atoms with E-state index in [0.717, 1.165) is 15.4 Å². The standard InChI is InChI=1S/C20H25N3O5S/c1-13-7-6-8-14(2)20(13)22-19(25)12-23(4)29(26,27)16-9-10-18(28-5)17(11-16)21-15(3)24/h6-11H,12H2,1-5H3,(H,21,24)(H,22,25). The number of hydrogen-bond acceptors (Lipinski definition) is 5. The molecule has 0 saturated carbocycles. The van der Waals surface area contributed by atoms with E-state index in [9.17, 15) is 18.0 Å². The van der Waals surface area contributed by atoms with Crippen LogP contribution in [0.15, 0.2) is 41.3 Å². The highest BCUT2D eigenvalue weighted by atomic mass is 32.2. The number of ether oxygens (including phenoxy) is 1. The van der Waals surface area contributed by atoms with E-state index >= 15 is 0 Å². The Hall–Kier alpha value is -2.91. The maximum Gasteiger partial charge on any atom is 0.243 e. The van der Waals surface area contributed by atoms with E-state index < -0.39 is 15.9 Å². The van der Waals surface area contributed by atoms with Gasteiger partial charge in [-0.05, 0) is 43.2 Å². The van der Waals surface area contributed by atoms with Crippen LogP contribution in [0, 0.1) is 13.8 Å². The summed E-state index contributed by atoms with van der Waals surface area (Å²) in [5, 5.41) is 5.30. The molecule has 0 aliphatic carbocycles. The van der Waals surface area contributed by atoms with Crippen molar-refractivity contribution in [2.24, 2.45) is 0 Å². The molecule has 2 N–H and O–H groups in total. The van der Waals surface area contributed by atoms with Crippen molar-refractivity contribution in [3.05, 3.63) is 47.5 Å². The Kier molecular flexibility index (Phi) is 6.99. The number of sulfonamides is 1. The highest BCUT2D eigenvalue weighted by Crippen LogP contribution is 2.28. The van der Waals surface area contributed by atoms with Crippen LogP contribution in [-0.2, 0) is 19.6 Å². The Balaban J connectivity index is 2.22. The van der Waals surface area contributed by atoms with Crippen LogP contribution >= 0.6 is 0 Å². The minimum atomic E-state index is -3.96. The van der Waals surface area contributed by atoms with Gasteiger partial charge < -0.3 is 15.4 Å². The van der Waals surface area contributed by atoms with Crippen LogP contribution in [0.3, 0.4) is 0 Å². The Bertz CT molecular complexity index is 1010. The van der Waals surface area contributed by atoms with Crippen molar-refractivity contribution < 1.29 is 22.7 Å². The largest absolute Gasteiger partial charge is 0.495 e. The monoisotopic (exact) mass is 419 g/mol. The van der Waals surface area contributed by atoms with Crippen molar-refractivity contribution in [1.29, 1.82) is 0 Å². The molecule has 0 atom stereocenters. The Morgan fingerprint density at radius 1 is 1.07 bits per heavy atom. The molecule has 9 heteroatoms. The Morgan fingerprint density at radius 3 is 2.24 bits per heavy atom. The summed E-state index contributed by atoms with van der Waals surface area (Å²) in [5.41, 5.74) is 2.67. The minimum Gasteiger partial charge on any atom is -0.495 e. The maximum absolute atomic E-state index is 12.9. The normalized spacial score (nSPS) is 11.2. The molecular weight excluding hydrogens is 394 g/mol. The van der Waals surface area contributed by atoms with Gasteiger partial charge in [-0.25, -0.2) is 8.42 Å². The first-order chi connectivity index (χ1) is 13.6. The summed E-state index contributed by atoms with van der Waals surface area (Å²) in [4.78, 5) is 23.7. The summed E-state index contributed by atoms with van der Waals surface area (Å²) in [6.45, 7) is 4.68. The van der Waals surface area contributed by atoms with E-state index in [1.54, 1.807) is 0 Å². The van der Waals surface area contributed by atoms with Crippen LogP contribution in [0.1, 0.15) is 18.1 Å². The van der Waals surface area contributed by atoms with E-state index in [2.05, 4.69) is 10.6 Å². The third kappa shape index (κ3) is 5.33. The summed E-state index contributed by atoms with van der Waals surface area (Å²) in [5.74, 6) is -0.488. The van der Waals surface area contributed by atoms with Gasteiger partial charge in [0, 0.05) is 19.7 Å². The van der Waals surface area contributed by atoms with Gasteiger partial charge in [0.1, 0.15) is 5.75 Å². The molecule has 0 saturated heterocycles. The lowest BCUT2D eigenvalue weighted by Crippen LogP contribution is -2.35. The lowest BCUT2D eigenvalue weighted by Gasteiger charge is -2.19. The third-order valence-corrected chi connectivity index (χ3v) is 6.10. The van der Waals surface area contributed by atoms with Crippen LogP contribution in [0.4, 0.5) is 11.4 Å². The second-order valence-electron chi connectivity index (χ2n) is 6.62. The number of carbonyl (C=O) groups is 2. The molecule has 29 heavy (non-hydrogen) atoms. The molecule has 0 radical (unpaired) electrons. The molecule has 0 unspecified atom stereocenters. The number of para-hydroxylation sites is 1. The second kappa shape index (κ2) is 9.06. The van der Waals surface area contributed by atoms with E-state index in [1.165, 1.54) is 39.3 Å². The molecule has 0 fully saturated rings. The second-order valence-corrected chi connectivity index (χ2v) is 8.66. The molecule has 2 rings (SSSR count). The van der Waals surface area contributed by atoms with E-state index in [1.807, 2.05) is 32.0 Å². The molecule has 2 amide bonds. The van der Waals surface area contributed by atoms with Gasteiger partial charge in [-0.1, -0.05) is 18.2 Å².